The van der Waals surface area contributed by atoms with Crippen LogP contribution in [0.2, 0.25) is 5.15 Å². The second kappa shape index (κ2) is 4.37. The van der Waals surface area contributed by atoms with Crippen LogP contribution < -0.4 is 4.90 Å². The quantitative estimate of drug-likeness (QED) is 0.681. The molecular formula is C11H16ClN3. The van der Waals surface area contributed by atoms with E-state index >= 15 is 0 Å². The highest BCUT2D eigenvalue weighted by Gasteiger charge is 2.21. The van der Waals surface area contributed by atoms with Crippen LogP contribution in [0, 0.1) is 0 Å². The van der Waals surface area contributed by atoms with E-state index in [1.165, 1.54) is 5.69 Å². The van der Waals surface area contributed by atoms with Gasteiger partial charge in [0, 0.05) is 37.6 Å². The van der Waals surface area contributed by atoms with Gasteiger partial charge in [-0.15, -0.1) is 0 Å². The summed E-state index contributed by atoms with van der Waals surface area (Å²) in [5.41, 5.74) is 1.18. The molecule has 1 aromatic heterocycles. The molecule has 1 unspecified atom stereocenters. The summed E-state index contributed by atoms with van der Waals surface area (Å²) < 4.78 is 0. The summed E-state index contributed by atoms with van der Waals surface area (Å²) in [6.07, 6.45) is 1.77. The van der Waals surface area contributed by atoms with Crippen molar-refractivity contribution in [2.24, 2.45) is 0 Å². The first-order chi connectivity index (χ1) is 7.16. The Kier molecular flexibility index (Phi) is 3.12. The van der Waals surface area contributed by atoms with Gasteiger partial charge in [0.1, 0.15) is 5.15 Å². The minimum absolute atomic E-state index is 0.530. The first kappa shape index (κ1) is 10.7. The molecule has 0 aliphatic carbocycles. The molecule has 0 saturated carbocycles. The van der Waals surface area contributed by atoms with Crippen LogP contribution in [0.3, 0.4) is 0 Å². The molecule has 0 N–H and O–H groups in total. The first-order valence-corrected chi connectivity index (χ1v) is 5.61. The lowest BCUT2D eigenvalue weighted by Crippen LogP contribution is -2.50. The van der Waals surface area contributed by atoms with Crippen LogP contribution in [0.4, 0.5) is 5.69 Å². The van der Waals surface area contributed by atoms with Crippen LogP contribution in [-0.4, -0.2) is 42.6 Å². The van der Waals surface area contributed by atoms with Gasteiger partial charge in [0.25, 0.3) is 0 Å². The van der Waals surface area contributed by atoms with E-state index in [0.717, 1.165) is 19.6 Å². The van der Waals surface area contributed by atoms with Crippen molar-refractivity contribution in [2.45, 2.75) is 13.0 Å². The van der Waals surface area contributed by atoms with Crippen molar-refractivity contribution in [3.8, 4) is 0 Å². The van der Waals surface area contributed by atoms with Gasteiger partial charge in [-0.3, -0.25) is 0 Å². The predicted molar refractivity (Wildman–Crippen MR) is 63.6 cm³/mol. The molecule has 4 heteroatoms. The van der Waals surface area contributed by atoms with Crippen molar-refractivity contribution in [1.82, 2.24) is 9.88 Å². The van der Waals surface area contributed by atoms with Gasteiger partial charge < -0.3 is 9.80 Å². The van der Waals surface area contributed by atoms with Gasteiger partial charge in [-0.05, 0) is 26.1 Å². The topological polar surface area (TPSA) is 19.4 Å². The first-order valence-electron chi connectivity index (χ1n) is 5.23. The highest BCUT2D eigenvalue weighted by atomic mass is 35.5. The van der Waals surface area contributed by atoms with Crippen LogP contribution in [0.5, 0.6) is 0 Å². The zero-order valence-electron chi connectivity index (χ0n) is 9.15. The lowest BCUT2D eigenvalue weighted by molar-refractivity contribution is 0.275. The number of nitrogens with zero attached hydrogens (tertiary/aromatic N) is 3. The van der Waals surface area contributed by atoms with Crippen molar-refractivity contribution in [1.29, 1.82) is 0 Å². The summed E-state index contributed by atoms with van der Waals surface area (Å²) >= 11 is 5.89. The largest absolute Gasteiger partial charge is 0.366 e. The molecule has 1 atom stereocenters. The number of halogens is 1. The molecular weight excluding hydrogens is 210 g/mol. The van der Waals surface area contributed by atoms with Crippen molar-refractivity contribution in [3.63, 3.8) is 0 Å². The third-order valence-corrected chi connectivity index (χ3v) is 3.08. The maximum atomic E-state index is 5.89. The van der Waals surface area contributed by atoms with Gasteiger partial charge in [-0.25, -0.2) is 4.98 Å². The van der Waals surface area contributed by atoms with Gasteiger partial charge in [0.2, 0.25) is 0 Å². The van der Waals surface area contributed by atoms with E-state index < -0.39 is 0 Å². The summed E-state index contributed by atoms with van der Waals surface area (Å²) in [4.78, 5) is 8.74. The molecule has 1 fully saturated rings. The average molecular weight is 226 g/mol. The van der Waals surface area contributed by atoms with Crippen molar-refractivity contribution >= 4 is 17.3 Å². The van der Waals surface area contributed by atoms with E-state index in [1.54, 1.807) is 6.20 Å². The Morgan fingerprint density at radius 2 is 2.27 bits per heavy atom. The van der Waals surface area contributed by atoms with E-state index in [9.17, 15) is 0 Å². The zero-order valence-corrected chi connectivity index (χ0v) is 9.91. The lowest BCUT2D eigenvalue weighted by Gasteiger charge is -2.39. The highest BCUT2D eigenvalue weighted by molar-refractivity contribution is 6.29. The summed E-state index contributed by atoms with van der Waals surface area (Å²) in [5, 5.41) is 0.568. The summed E-state index contributed by atoms with van der Waals surface area (Å²) in [5.74, 6) is 0. The minimum atomic E-state index is 0.530. The second-order valence-electron chi connectivity index (χ2n) is 4.14. The fourth-order valence-electron chi connectivity index (χ4n) is 2.09. The van der Waals surface area contributed by atoms with Crippen LogP contribution >= 0.6 is 11.6 Å². The molecule has 15 heavy (non-hydrogen) atoms. The molecule has 82 valence electrons. The van der Waals surface area contributed by atoms with Gasteiger partial charge in [0.15, 0.2) is 0 Å². The molecule has 1 aromatic rings. The number of aromatic nitrogens is 1. The Balaban J connectivity index is 2.17. The molecule has 0 spiro atoms. The third kappa shape index (κ3) is 2.41. The fraction of sp³-hybridized carbons (Fsp3) is 0.545. The van der Waals surface area contributed by atoms with Crippen LogP contribution in [0.15, 0.2) is 18.3 Å². The summed E-state index contributed by atoms with van der Waals surface area (Å²) in [6.45, 7) is 5.49. The Bertz CT molecular complexity index is 342. The van der Waals surface area contributed by atoms with Crippen molar-refractivity contribution < 1.29 is 0 Å². The molecule has 1 aliphatic heterocycles. The average Bonchev–Trinajstić information content (AvgIpc) is 2.17. The van der Waals surface area contributed by atoms with E-state index in [1.807, 2.05) is 12.1 Å². The highest BCUT2D eigenvalue weighted by Crippen LogP contribution is 2.21. The number of hydrogen-bond acceptors (Lipinski definition) is 3. The van der Waals surface area contributed by atoms with Crippen LogP contribution in [0.25, 0.3) is 0 Å². The number of likely N-dealkylation sites (N-methyl/N-ethyl adjacent to an activating group) is 1. The van der Waals surface area contributed by atoms with E-state index in [2.05, 4.69) is 28.8 Å². The maximum Gasteiger partial charge on any atom is 0.131 e. The van der Waals surface area contributed by atoms with Crippen LogP contribution in [-0.2, 0) is 0 Å². The molecule has 0 amide bonds. The summed E-state index contributed by atoms with van der Waals surface area (Å²) in [6, 6.07) is 4.49. The molecule has 0 radical (unpaired) electrons. The molecule has 3 nitrogen and oxygen atoms in total. The molecule has 1 saturated heterocycles. The van der Waals surface area contributed by atoms with Gasteiger partial charge in [-0.2, -0.15) is 0 Å². The third-order valence-electron chi connectivity index (χ3n) is 2.87. The van der Waals surface area contributed by atoms with Gasteiger partial charge in [0.05, 0.1) is 0 Å². The van der Waals surface area contributed by atoms with Gasteiger partial charge in [-0.1, -0.05) is 11.6 Å². The monoisotopic (exact) mass is 225 g/mol. The van der Waals surface area contributed by atoms with E-state index in [0.29, 0.717) is 11.2 Å². The number of rotatable bonds is 1. The number of pyridine rings is 1. The molecule has 0 aromatic carbocycles. The van der Waals surface area contributed by atoms with E-state index in [4.69, 9.17) is 11.6 Å². The van der Waals surface area contributed by atoms with Gasteiger partial charge >= 0.3 is 0 Å². The molecule has 0 bridgehead atoms. The Labute approximate surface area is 95.7 Å². The number of hydrogen-bond donors (Lipinski definition) is 0. The normalized spacial score (nSPS) is 23.1. The van der Waals surface area contributed by atoms with Crippen molar-refractivity contribution in [2.75, 3.05) is 31.6 Å². The lowest BCUT2D eigenvalue weighted by atomic mass is 10.2. The second-order valence-corrected chi connectivity index (χ2v) is 4.53. The van der Waals surface area contributed by atoms with Crippen LogP contribution in [0.1, 0.15) is 6.92 Å². The predicted octanol–water partition coefficient (Wildman–Crippen LogP) is 1.88. The van der Waals surface area contributed by atoms with Crippen molar-refractivity contribution in [3.05, 3.63) is 23.5 Å². The Morgan fingerprint density at radius 1 is 1.47 bits per heavy atom. The zero-order chi connectivity index (χ0) is 10.8. The molecule has 2 rings (SSSR count). The standard InChI is InChI=1S/C11H16ClN3/c1-9-8-14(2)5-6-15(9)10-3-4-13-11(12)7-10/h3-4,7,9H,5-6,8H2,1-2H3. The number of piperazine rings is 1. The number of anilines is 1. The Morgan fingerprint density at radius 3 is 2.93 bits per heavy atom. The fourth-order valence-corrected chi connectivity index (χ4v) is 2.26. The Hall–Kier alpha value is -0.800. The molecule has 1 aliphatic rings. The SMILES string of the molecule is CC1CN(C)CCN1c1ccnc(Cl)c1. The molecule has 2 heterocycles. The smallest absolute Gasteiger partial charge is 0.131 e. The maximum absolute atomic E-state index is 5.89. The minimum Gasteiger partial charge on any atom is -0.366 e. The van der Waals surface area contributed by atoms with E-state index in [-0.39, 0.29) is 0 Å². The summed E-state index contributed by atoms with van der Waals surface area (Å²) in [7, 11) is 2.16.